The summed E-state index contributed by atoms with van der Waals surface area (Å²) in [5.41, 5.74) is 7.07. The number of hydrogen-bond acceptors (Lipinski definition) is 6. The van der Waals surface area contributed by atoms with E-state index in [9.17, 15) is 23.9 Å². The minimum atomic E-state index is -1.34. The maximum atomic E-state index is 13.7. The third kappa shape index (κ3) is 10.1. The highest BCUT2D eigenvalue weighted by Gasteiger charge is 2.40. The topological polar surface area (TPSA) is 139 Å². The number of carboxylic acids is 1. The number of aliphatic carboxylic acids is 1. The summed E-state index contributed by atoms with van der Waals surface area (Å²) in [5, 5.41) is 13.2. The highest BCUT2D eigenvalue weighted by atomic mass is 35.5. The van der Waals surface area contributed by atoms with Crippen LogP contribution in [0.4, 0.5) is 4.39 Å². The minimum absolute atomic E-state index is 0.0881. The van der Waals surface area contributed by atoms with Crippen molar-refractivity contribution in [1.29, 1.82) is 0 Å². The number of hydrogen-bond donors (Lipinski definition) is 4. The molecule has 1 aliphatic carbocycles. The van der Waals surface area contributed by atoms with E-state index in [2.05, 4.69) is 5.32 Å². The van der Waals surface area contributed by atoms with Gasteiger partial charge in [-0.3, -0.25) is 14.6 Å². The summed E-state index contributed by atoms with van der Waals surface area (Å²) >= 11 is 13.7. The molecule has 1 aliphatic rings. The van der Waals surface area contributed by atoms with Crippen LogP contribution in [0.2, 0.25) is 0 Å². The Morgan fingerprint density at radius 3 is 2.51 bits per heavy atom. The molecular weight excluding hydrogens is 566 g/mol. The van der Waals surface area contributed by atoms with Crippen LogP contribution in [-0.4, -0.2) is 69.8 Å². The number of alkyl halides is 2. The van der Waals surface area contributed by atoms with E-state index in [1.165, 1.54) is 36.0 Å². The van der Waals surface area contributed by atoms with Crippen molar-refractivity contribution in [3.63, 3.8) is 0 Å². The van der Waals surface area contributed by atoms with Crippen LogP contribution in [-0.2, 0) is 20.8 Å². The first-order chi connectivity index (χ1) is 18.6. The van der Waals surface area contributed by atoms with Crippen molar-refractivity contribution in [2.45, 2.75) is 56.7 Å². The molecule has 2 amide bonds. The van der Waals surface area contributed by atoms with Gasteiger partial charge in [-0.2, -0.15) is 11.8 Å². The lowest BCUT2D eigenvalue weighted by Gasteiger charge is -2.39. The van der Waals surface area contributed by atoms with Gasteiger partial charge >= 0.3 is 5.97 Å². The monoisotopic (exact) mass is 602 g/mol. The summed E-state index contributed by atoms with van der Waals surface area (Å²) in [6.45, 7) is 0. The zero-order chi connectivity index (χ0) is 29.0. The Kier molecular flexibility index (Phi) is 13.8. The molecule has 0 saturated carbocycles. The molecule has 2 rings (SSSR count). The average molecular weight is 604 g/mol. The van der Waals surface area contributed by atoms with Gasteiger partial charge in [0.1, 0.15) is 17.9 Å². The highest BCUT2D eigenvalue weighted by Crippen LogP contribution is 2.41. The fourth-order valence-electron chi connectivity index (χ4n) is 4.59. The number of allylic oxidation sites excluding steroid dienone is 4. The van der Waals surface area contributed by atoms with Crippen molar-refractivity contribution < 1.29 is 23.9 Å². The summed E-state index contributed by atoms with van der Waals surface area (Å²) < 4.78 is 13.3. The van der Waals surface area contributed by atoms with Gasteiger partial charge in [-0.05, 0) is 67.2 Å². The SMILES string of the molecule is CSCC[C@H](N)C(=O)N(N)[C@@H](CC1(CCCl)C=CC=C(CCCl)C1)C(=O)N[C@@H](Cc1ccc(F)cc1)C(=O)O. The molecule has 0 spiro atoms. The zero-order valence-electron chi connectivity index (χ0n) is 22.0. The number of benzene rings is 1. The molecule has 216 valence electrons. The van der Waals surface area contributed by atoms with Crippen molar-refractivity contribution in [3.05, 3.63) is 59.4 Å². The molecular formula is C27H37Cl2FN4O4S. The first-order valence-corrected chi connectivity index (χ1v) is 15.1. The molecule has 1 aromatic carbocycles. The van der Waals surface area contributed by atoms with E-state index in [-0.39, 0.29) is 12.8 Å². The van der Waals surface area contributed by atoms with Crippen LogP contribution in [0.1, 0.15) is 37.7 Å². The van der Waals surface area contributed by atoms with E-state index in [1.54, 1.807) is 0 Å². The molecule has 0 radical (unpaired) electrons. The highest BCUT2D eigenvalue weighted by molar-refractivity contribution is 7.98. The number of carbonyl (C=O) groups excluding carboxylic acids is 2. The van der Waals surface area contributed by atoms with Gasteiger partial charge in [0.05, 0.1) is 6.04 Å². The van der Waals surface area contributed by atoms with Crippen molar-refractivity contribution >= 4 is 52.7 Å². The molecule has 6 N–H and O–H groups in total. The van der Waals surface area contributed by atoms with Gasteiger partial charge < -0.3 is 16.2 Å². The molecule has 0 fully saturated rings. The molecule has 0 heterocycles. The summed E-state index contributed by atoms with van der Waals surface area (Å²) in [4.78, 5) is 38.9. The van der Waals surface area contributed by atoms with E-state index in [0.717, 1.165) is 10.6 Å². The Morgan fingerprint density at radius 2 is 1.92 bits per heavy atom. The number of nitrogens with two attached hydrogens (primary N) is 2. The summed E-state index contributed by atoms with van der Waals surface area (Å²) in [7, 11) is 0. The maximum absolute atomic E-state index is 13.7. The van der Waals surface area contributed by atoms with E-state index < -0.39 is 47.1 Å². The molecule has 8 nitrogen and oxygen atoms in total. The summed E-state index contributed by atoms with van der Waals surface area (Å²) in [6, 6.07) is 1.84. The van der Waals surface area contributed by atoms with E-state index in [1.807, 2.05) is 24.5 Å². The molecule has 1 aromatic rings. The Bertz CT molecular complexity index is 1040. The Hall–Kier alpha value is -2.11. The minimum Gasteiger partial charge on any atom is -0.480 e. The smallest absolute Gasteiger partial charge is 0.326 e. The van der Waals surface area contributed by atoms with Crippen LogP contribution in [0.5, 0.6) is 0 Å². The van der Waals surface area contributed by atoms with E-state index >= 15 is 0 Å². The average Bonchev–Trinajstić information content (AvgIpc) is 2.90. The van der Waals surface area contributed by atoms with Crippen molar-refractivity contribution in [2.75, 3.05) is 23.8 Å². The number of thioether (sulfide) groups is 1. The standard InChI is InChI=1S/C27H37Cl2FN4O4S/c1-39-14-9-21(31)25(36)34(32)23(17-27(11-13-29)10-2-3-19(16-27)8-12-28)24(35)33-22(26(37)38)15-18-4-6-20(30)7-5-18/h2-7,10,21-23H,8-9,11-17,31-32H2,1H3,(H,33,35)(H,37,38)/t21-,22-,23-,27?/m0/s1. The second kappa shape index (κ2) is 16.2. The van der Waals surface area contributed by atoms with Crippen molar-refractivity contribution in [2.24, 2.45) is 17.0 Å². The molecule has 1 unspecified atom stereocenters. The van der Waals surface area contributed by atoms with Gasteiger partial charge in [-0.25, -0.2) is 15.0 Å². The van der Waals surface area contributed by atoms with Crippen LogP contribution >= 0.6 is 35.0 Å². The first-order valence-electron chi connectivity index (χ1n) is 12.6. The van der Waals surface area contributed by atoms with E-state index in [4.69, 9.17) is 34.8 Å². The summed E-state index contributed by atoms with van der Waals surface area (Å²) in [5.74, 6) is 4.53. The Labute approximate surface area is 243 Å². The fraction of sp³-hybridized carbons (Fsp3) is 0.519. The lowest BCUT2D eigenvalue weighted by atomic mass is 9.71. The van der Waals surface area contributed by atoms with Gasteiger partial charge in [-0.15, -0.1) is 23.2 Å². The van der Waals surface area contributed by atoms with Gasteiger partial charge in [0.25, 0.3) is 5.91 Å². The maximum Gasteiger partial charge on any atom is 0.326 e. The predicted octanol–water partition coefficient (Wildman–Crippen LogP) is 3.61. The molecule has 0 aromatic heterocycles. The second-order valence-corrected chi connectivity index (χ2v) is 11.4. The second-order valence-electron chi connectivity index (χ2n) is 9.68. The number of halogens is 3. The van der Waals surface area contributed by atoms with Gasteiger partial charge in [0, 0.05) is 18.2 Å². The number of carboxylic acid groups (broad SMARTS) is 1. The quantitative estimate of drug-likeness (QED) is 0.0980. The fourth-order valence-corrected chi connectivity index (χ4v) is 5.70. The van der Waals surface area contributed by atoms with Crippen molar-refractivity contribution in [3.8, 4) is 0 Å². The zero-order valence-corrected chi connectivity index (χ0v) is 24.3. The van der Waals surface area contributed by atoms with Crippen LogP contribution in [0.15, 0.2) is 48.1 Å². The Morgan fingerprint density at radius 1 is 1.23 bits per heavy atom. The van der Waals surface area contributed by atoms with Crippen molar-refractivity contribution in [1.82, 2.24) is 10.3 Å². The molecule has 0 bridgehead atoms. The lowest BCUT2D eigenvalue weighted by molar-refractivity contribution is -0.146. The van der Waals surface area contributed by atoms with Crippen LogP contribution in [0.3, 0.4) is 0 Å². The normalized spacial score (nSPS) is 19.1. The third-order valence-electron chi connectivity index (χ3n) is 6.78. The molecule has 4 atom stereocenters. The predicted molar refractivity (Wildman–Crippen MR) is 155 cm³/mol. The first kappa shape index (κ1) is 33.1. The van der Waals surface area contributed by atoms with Gasteiger partial charge in [0.2, 0.25) is 5.91 Å². The number of carbonyl (C=O) groups is 3. The molecule has 12 heteroatoms. The number of rotatable bonds is 16. The van der Waals surface area contributed by atoms with Crippen LogP contribution < -0.4 is 16.9 Å². The number of nitrogens with one attached hydrogen (secondary N) is 1. The number of nitrogens with zero attached hydrogens (tertiary/aromatic N) is 1. The largest absolute Gasteiger partial charge is 0.480 e. The lowest BCUT2D eigenvalue weighted by Crippen LogP contribution is -2.60. The number of hydrazine groups is 1. The Balaban J connectivity index is 2.37. The summed E-state index contributed by atoms with van der Waals surface area (Å²) in [6.07, 6.45) is 9.77. The molecule has 39 heavy (non-hydrogen) atoms. The van der Waals surface area contributed by atoms with Gasteiger partial charge in [0.15, 0.2) is 0 Å². The van der Waals surface area contributed by atoms with Gasteiger partial charge in [-0.1, -0.05) is 35.9 Å². The van der Waals surface area contributed by atoms with E-state index in [0.29, 0.717) is 48.8 Å². The number of amides is 2. The molecule has 0 saturated heterocycles. The molecule has 0 aliphatic heterocycles. The van der Waals surface area contributed by atoms with Crippen LogP contribution in [0, 0.1) is 11.2 Å². The third-order valence-corrected chi connectivity index (χ3v) is 7.80. The van der Waals surface area contributed by atoms with Crippen LogP contribution in [0.25, 0.3) is 0 Å².